The summed E-state index contributed by atoms with van der Waals surface area (Å²) in [5.74, 6) is -1.40. The fraction of sp³-hybridized carbons (Fsp3) is 0.333. The third-order valence-electron chi connectivity index (χ3n) is 3.62. The molecule has 0 saturated heterocycles. The standard InChI is InChI=1S/C15H18N2O3/c1-8-5-12(7-13(9(8)2)15(19)20)17-14(18)10-3-4-11(16)6-10/h3-5,7,10-11H,6,16H2,1-2H3,(H,17,18)(H,19,20). The van der Waals surface area contributed by atoms with Crippen molar-refractivity contribution in [3.63, 3.8) is 0 Å². The molecule has 1 aliphatic carbocycles. The smallest absolute Gasteiger partial charge is 0.336 e. The number of carboxylic acid groups (broad SMARTS) is 1. The zero-order valence-corrected chi connectivity index (χ0v) is 11.5. The number of anilines is 1. The van der Waals surface area contributed by atoms with Crippen LogP contribution in [0, 0.1) is 19.8 Å². The Morgan fingerprint density at radius 3 is 2.55 bits per heavy atom. The molecule has 4 N–H and O–H groups in total. The highest BCUT2D eigenvalue weighted by Crippen LogP contribution is 2.23. The lowest BCUT2D eigenvalue weighted by Crippen LogP contribution is -2.24. The first-order chi connectivity index (χ1) is 9.38. The molecule has 106 valence electrons. The highest BCUT2D eigenvalue weighted by molar-refractivity contribution is 5.97. The van der Waals surface area contributed by atoms with E-state index in [1.54, 1.807) is 19.1 Å². The van der Waals surface area contributed by atoms with E-state index in [-0.39, 0.29) is 23.4 Å². The van der Waals surface area contributed by atoms with Crippen LogP contribution in [0.5, 0.6) is 0 Å². The second kappa shape index (κ2) is 5.46. The van der Waals surface area contributed by atoms with E-state index < -0.39 is 5.97 Å². The molecule has 1 amide bonds. The lowest BCUT2D eigenvalue weighted by Gasteiger charge is -2.13. The number of benzene rings is 1. The Morgan fingerprint density at radius 2 is 2.00 bits per heavy atom. The molecule has 0 aromatic heterocycles. The van der Waals surface area contributed by atoms with Gasteiger partial charge in [0.1, 0.15) is 0 Å². The summed E-state index contributed by atoms with van der Waals surface area (Å²) in [6.07, 6.45) is 4.19. The van der Waals surface area contributed by atoms with E-state index >= 15 is 0 Å². The van der Waals surface area contributed by atoms with Gasteiger partial charge in [-0.3, -0.25) is 4.79 Å². The van der Waals surface area contributed by atoms with E-state index in [0.717, 1.165) is 5.56 Å². The maximum atomic E-state index is 12.1. The summed E-state index contributed by atoms with van der Waals surface area (Å²) in [7, 11) is 0. The molecule has 5 heteroatoms. The Kier molecular flexibility index (Phi) is 3.90. The van der Waals surface area contributed by atoms with E-state index in [0.29, 0.717) is 17.7 Å². The highest BCUT2D eigenvalue weighted by Gasteiger charge is 2.23. The molecule has 0 aliphatic heterocycles. The molecular weight excluding hydrogens is 256 g/mol. The van der Waals surface area contributed by atoms with Gasteiger partial charge >= 0.3 is 5.97 Å². The van der Waals surface area contributed by atoms with Gasteiger partial charge in [0.25, 0.3) is 0 Å². The van der Waals surface area contributed by atoms with Crippen molar-refractivity contribution in [2.45, 2.75) is 26.3 Å². The summed E-state index contributed by atoms with van der Waals surface area (Å²) < 4.78 is 0. The van der Waals surface area contributed by atoms with Crippen LogP contribution < -0.4 is 11.1 Å². The molecule has 2 rings (SSSR count). The average molecular weight is 274 g/mol. The van der Waals surface area contributed by atoms with Crippen LogP contribution in [0.1, 0.15) is 27.9 Å². The molecule has 20 heavy (non-hydrogen) atoms. The van der Waals surface area contributed by atoms with E-state index in [1.807, 2.05) is 13.0 Å². The summed E-state index contributed by atoms with van der Waals surface area (Å²) in [4.78, 5) is 23.2. The lowest BCUT2D eigenvalue weighted by molar-refractivity contribution is -0.118. The first kappa shape index (κ1) is 14.3. The van der Waals surface area contributed by atoms with Crippen LogP contribution in [0.4, 0.5) is 5.69 Å². The molecule has 0 heterocycles. The van der Waals surface area contributed by atoms with Gasteiger partial charge in [-0.15, -0.1) is 0 Å². The first-order valence-corrected chi connectivity index (χ1v) is 6.48. The number of nitrogens with one attached hydrogen (secondary N) is 1. The molecule has 0 saturated carbocycles. The van der Waals surface area contributed by atoms with Crippen LogP contribution in [0.2, 0.25) is 0 Å². The van der Waals surface area contributed by atoms with E-state index in [1.165, 1.54) is 6.07 Å². The number of rotatable bonds is 3. The Morgan fingerprint density at radius 1 is 1.30 bits per heavy atom. The van der Waals surface area contributed by atoms with Gasteiger partial charge in [-0.1, -0.05) is 12.2 Å². The van der Waals surface area contributed by atoms with E-state index in [2.05, 4.69) is 5.32 Å². The van der Waals surface area contributed by atoms with Gasteiger partial charge < -0.3 is 16.2 Å². The summed E-state index contributed by atoms with van der Waals surface area (Å²) in [5.41, 5.74) is 7.97. The van der Waals surface area contributed by atoms with Crippen molar-refractivity contribution in [1.29, 1.82) is 0 Å². The molecule has 1 aliphatic rings. The summed E-state index contributed by atoms with van der Waals surface area (Å²) in [5, 5.41) is 11.9. The Hall–Kier alpha value is -2.14. The molecule has 0 bridgehead atoms. The predicted molar refractivity (Wildman–Crippen MR) is 76.7 cm³/mol. The molecule has 0 radical (unpaired) electrons. The van der Waals surface area contributed by atoms with E-state index in [4.69, 9.17) is 10.8 Å². The van der Waals surface area contributed by atoms with Crippen LogP contribution in [0.25, 0.3) is 0 Å². The fourth-order valence-electron chi connectivity index (χ4n) is 2.31. The van der Waals surface area contributed by atoms with Crippen molar-refractivity contribution in [2.24, 2.45) is 11.7 Å². The quantitative estimate of drug-likeness (QED) is 0.733. The summed E-state index contributed by atoms with van der Waals surface area (Å²) in [6, 6.07) is 3.18. The van der Waals surface area contributed by atoms with Gasteiger partial charge in [0.15, 0.2) is 0 Å². The van der Waals surface area contributed by atoms with E-state index in [9.17, 15) is 9.59 Å². The van der Waals surface area contributed by atoms with Crippen LogP contribution >= 0.6 is 0 Å². The van der Waals surface area contributed by atoms with Crippen molar-refractivity contribution in [3.8, 4) is 0 Å². The van der Waals surface area contributed by atoms with Crippen molar-refractivity contribution in [3.05, 3.63) is 41.0 Å². The first-order valence-electron chi connectivity index (χ1n) is 6.48. The number of carbonyl (C=O) groups is 2. The van der Waals surface area contributed by atoms with Gasteiger partial charge in [0.2, 0.25) is 5.91 Å². The summed E-state index contributed by atoms with van der Waals surface area (Å²) >= 11 is 0. The number of hydrogen-bond acceptors (Lipinski definition) is 3. The third-order valence-corrected chi connectivity index (χ3v) is 3.62. The van der Waals surface area contributed by atoms with Crippen LogP contribution in [0.3, 0.4) is 0 Å². The number of carboxylic acids is 1. The minimum atomic E-state index is -0.996. The average Bonchev–Trinajstić information content (AvgIpc) is 2.80. The van der Waals surface area contributed by atoms with Crippen molar-refractivity contribution < 1.29 is 14.7 Å². The Bertz CT molecular complexity index is 593. The lowest BCUT2D eigenvalue weighted by atomic mass is 10.0. The SMILES string of the molecule is Cc1cc(NC(=O)C2C=CC(N)C2)cc(C(=O)O)c1C. The fourth-order valence-corrected chi connectivity index (χ4v) is 2.31. The Labute approximate surface area is 117 Å². The Balaban J connectivity index is 2.20. The number of carbonyl (C=O) groups excluding carboxylic acids is 1. The number of hydrogen-bond donors (Lipinski definition) is 3. The normalized spacial score (nSPS) is 20.9. The molecule has 0 fully saturated rings. The van der Waals surface area contributed by atoms with Gasteiger partial charge in [0.05, 0.1) is 11.5 Å². The molecule has 1 aromatic carbocycles. The molecule has 2 atom stereocenters. The van der Waals surface area contributed by atoms with Gasteiger partial charge in [0, 0.05) is 11.7 Å². The number of aromatic carboxylic acids is 1. The molecule has 5 nitrogen and oxygen atoms in total. The number of aryl methyl sites for hydroxylation is 1. The molecule has 2 unspecified atom stereocenters. The largest absolute Gasteiger partial charge is 0.478 e. The third kappa shape index (κ3) is 2.88. The second-order valence-corrected chi connectivity index (χ2v) is 5.15. The highest BCUT2D eigenvalue weighted by atomic mass is 16.4. The zero-order valence-electron chi connectivity index (χ0n) is 11.5. The van der Waals surface area contributed by atoms with Gasteiger partial charge in [-0.25, -0.2) is 4.79 Å². The monoisotopic (exact) mass is 274 g/mol. The van der Waals surface area contributed by atoms with Crippen LogP contribution in [0.15, 0.2) is 24.3 Å². The molecular formula is C15H18N2O3. The minimum absolute atomic E-state index is 0.0833. The maximum absolute atomic E-state index is 12.1. The maximum Gasteiger partial charge on any atom is 0.336 e. The second-order valence-electron chi connectivity index (χ2n) is 5.15. The predicted octanol–water partition coefficient (Wildman–Crippen LogP) is 1.84. The van der Waals surface area contributed by atoms with Gasteiger partial charge in [-0.2, -0.15) is 0 Å². The number of amides is 1. The van der Waals surface area contributed by atoms with Gasteiger partial charge in [-0.05, 0) is 43.5 Å². The molecule has 1 aromatic rings. The number of nitrogens with two attached hydrogens (primary N) is 1. The van der Waals surface area contributed by atoms with Crippen LogP contribution in [-0.4, -0.2) is 23.0 Å². The van der Waals surface area contributed by atoms with Crippen molar-refractivity contribution in [1.82, 2.24) is 0 Å². The van der Waals surface area contributed by atoms with Crippen molar-refractivity contribution in [2.75, 3.05) is 5.32 Å². The summed E-state index contributed by atoms with van der Waals surface area (Å²) in [6.45, 7) is 3.58. The van der Waals surface area contributed by atoms with Crippen LogP contribution in [-0.2, 0) is 4.79 Å². The molecule has 0 spiro atoms. The minimum Gasteiger partial charge on any atom is -0.478 e. The zero-order chi connectivity index (χ0) is 14.9. The topological polar surface area (TPSA) is 92.4 Å². The van der Waals surface area contributed by atoms with Crippen molar-refractivity contribution >= 4 is 17.6 Å².